The minimum atomic E-state index is -0.845. The van der Waals surface area contributed by atoms with Gasteiger partial charge in [-0.15, -0.1) is 11.3 Å². The highest BCUT2D eigenvalue weighted by molar-refractivity contribution is 7.13. The van der Waals surface area contributed by atoms with Crippen molar-refractivity contribution < 1.29 is 13.9 Å². The highest BCUT2D eigenvalue weighted by Gasteiger charge is 2.34. The molecule has 2 aromatic rings. The van der Waals surface area contributed by atoms with Crippen molar-refractivity contribution in [1.29, 1.82) is 0 Å². The molecule has 3 nitrogen and oxygen atoms in total. The molecule has 112 valence electrons. The molecule has 0 amide bonds. The van der Waals surface area contributed by atoms with Crippen molar-refractivity contribution in [1.82, 2.24) is 4.98 Å². The summed E-state index contributed by atoms with van der Waals surface area (Å²) in [5.41, 5.74) is 0.347. The number of aromatic nitrogens is 1. The molecule has 0 saturated carbocycles. The van der Waals surface area contributed by atoms with Crippen LogP contribution in [0.1, 0.15) is 26.5 Å². The Hall–Kier alpha value is -1.46. The molecule has 0 spiro atoms. The predicted octanol–water partition coefficient (Wildman–Crippen LogP) is 4.44. The fourth-order valence-corrected chi connectivity index (χ4v) is 2.98. The van der Waals surface area contributed by atoms with E-state index in [1.54, 1.807) is 32.2 Å². The molecule has 0 saturated heterocycles. The molecule has 0 aliphatic heterocycles. The van der Waals surface area contributed by atoms with Crippen molar-refractivity contribution in [3.63, 3.8) is 0 Å². The number of esters is 1. The van der Waals surface area contributed by atoms with Gasteiger partial charge in [0, 0.05) is 16.0 Å². The molecule has 2 rings (SSSR count). The number of hydrogen-bond donors (Lipinski definition) is 0. The van der Waals surface area contributed by atoms with E-state index >= 15 is 0 Å². The maximum absolute atomic E-state index is 13.4. The third-order valence-electron chi connectivity index (χ3n) is 3.04. The summed E-state index contributed by atoms with van der Waals surface area (Å²) in [5, 5.41) is 2.71. The molecular formula is C15H15ClFNO2S. The summed E-state index contributed by atoms with van der Waals surface area (Å²) in [4.78, 5) is 16.4. The molecule has 1 heterocycles. The molecule has 0 aliphatic rings. The lowest BCUT2D eigenvalue weighted by Gasteiger charge is -2.19. The van der Waals surface area contributed by atoms with E-state index in [4.69, 9.17) is 16.3 Å². The van der Waals surface area contributed by atoms with Gasteiger partial charge in [0.25, 0.3) is 0 Å². The average Bonchev–Trinajstić information content (AvgIpc) is 2.88. The van der Waals surface area contributed by atoms with Gasteiger partial charge < -0.3 is 4.74 Å². The predicted molar refractivity (Wildman–Crippen MR) is 82.2 cm³/mol. The van der Waals surface area contributed by atoms with Crippen LogP contribution in [0.3, 0.4) is 0 Å². The second kappa shape index (κ2) is 6.12. The maximum Gasteiger partial charge on any atom is 0.317 e. The largest absolute Gasteiger partial charge is 0.465 e. The zero-order chi connectivity index (χ0) is 15.6. The second-order valence-electron chi connectivity index (χ2n) is 5.04. The Morgan fingerprint density at radius 2 is 2.14 bits per heavy atom. The fourth-order valence-electron chi connectivity index (χ4n) is 1.79. The van der Waals surface area contributed by atoms with Crippen molar-refractivity contribution in [3.05, 3.63) is 40.1 Å². The summed E-state index contributed by atoms with van der Waals surface area (Å²) in [6.45, 7) is 5.58. The van der Waals surface area contributed by atoms with Crippen LogP contribution in [0.5, 0.6) is 0 Å². The molecule has 0 aliphatic carbocycles. The van der Waals surface area contributed by atoms with Crippen LogP contribution in [-0.2, 0) is 14.9 Å². The number of nitrogens with zero attached hydrogens (tertiary/aromatic N) is 1. The van der Waals surface area contributed by atoms with Crippen molar-refractivity contribution in [2.24, 2.45) is 0 Å². The zero-order valence-electron chi connectivity index (χ0n) is 11.9. The smallest absolute Gasteiger partial charge is 0.317 e. The molecule has 1 aromatic carbocycles. The number of rotatable bonds is 4. The van der Waals surface area contributed by atoms with Crippen LogP contribution in [0.4, 0.5) is 4.39 Å². The Morgan fingerprint density at radius 1 is 1.43 bits per heavy atom. The number of halogens is 2. The zero-order valence-corrected chi connectivity index (χ0v) is 13.5. The van der Waals surface area contributed by atoms with Gasteiger partial charge in [-0.25, -0.2) is 9.37 Å². The molecule has 1 aromatic heterocycles. The van der Waals surface area contributed by atoms with Crippen molar-refractivity contribution in [3.8, 4) is 10.6 Å². The molecule has 0 fully saturated rings. The first-order chi connectivity index (χ1) is 9.84. The van der Waals surface area contributed by atoms with Crippen LogP contribution in [0, 0.1) is 5.82 Å². The summed E-state index contributed by atoms with van der Waals surface area (Å²) >= 11 is 7.19. The Bertz CT molecular complexity index is 649. The van der Waals surface area contributed by atoms with E-state index in [-0.39, 0.29) is 5.97 Å². The molecule has 21 heavy (non-hydrogen) atoms. The first-order valence-electron chi connectivity index (χ1n) is 6.44. The Labute approximate surface area is 131 Å². The number of ether oxygens (including phenoxy) is 1. The van der Waals surface area contributed by atoms with E-state index in [1.165, 1.54) is 23.5 Å². The minimum Gasteiger partial charge on any atom is -0.465 e. The van der Waals surface area contributed by atoms with Gasteiger partial charge in [0.05, 0.1) is 12.3 Å². The number of carbonyl (C=O) groups is 1. The quantitative estimate of drug-likeness (QED) is 0.779. The molecule has 6 heteroatoms. The molecule has 0 radical (unpaired) electrons. The van der Waals surface area contributed by atoms with E-state index in [0.717, 1.165) is 0 Å². The monoisotopic (exact) mass is 327 g/mol. The summed E-state index contributed by atoms with van der Waals surface area (Å²) in [6.07, 6.45) is 0. The minimum absolute atomic E-state index is 0.311. The van der Waals surface area contributed by atoms with Crippen LogP contribution in [-0.4, -0.2) is 17.6 Å². The van der Waals surface area contributed by atoms with E-state index in [2.05, 4.69) is 4.98 Å². The van der Waals surface area contributed by atoms with E-state index in [9.17, 15) is 9.18 Å². The Balaban J connectivity index is 2.35. The van der Waals surface area contributed by atoms with Crippen LogP contribution >= 0.6 is 22.9 Å². The number of hydrogen-bond acceptors (Lipinski definition) is 4. The number of benzene rings is 1. The highest BCUT2D eigenvalue weighted by Crippen LogP contribution is 2.32. The van der Waals surface area contributed by atoms with Crippen LogP contribution in [0.25, 0.3) is 10.6 Å². The van der Waals surface area contributed by atoms with Crippen LogP contribution in [0.15, 0.2) is 23.6 Å². The molecule has 0 unspecified atom stereocenters. The summed E-state index contributed by atoms with van der Waals surface area (Å²) in [7, 11) is 0. The topological polar surface area (TPSA) is 39.2 Å². The molecule has 0 bridgehead atoms. The number of thiazole rings is 1. The normalized spacial score (nSPS) is 11.5. The summed E-state index contributed by atoms with van der Waals surface area (Å²) in [5.74, 6) is -0.752. The van der Waals surface area contributed by atoms with Gasteiger partial charge in [-0.3, -0.25) is 4.79 Å². The van der Waals surface area contributed by atoms with E-state index in [1.807, 2.05) is 0 Å². The fraction of sp³-hybridized carbons (Fsp3) is 0.333. The van der Waals surface area contributed by atoms with Crippen molar-refractivity contribution in [2.45, 2.75) is 26.2 Å². The van der Waals surface area contributed by atoms with E-state index < -0.39 is 11.2 Å². The van der Waals surface area contributed by atoms with Crippen molar-refractivity contribution >= 4 is 28.9 Å². The maximum atomic E-state index is 13.4. The van der Waals surface area contributed by atoms with E-state index in [0.29, 0.717) is 27.9 Å². The second-order valence-corrected chi connectivity index (χ2v) is 6.34. The number of carbonyl (C=O) groups excluding carboxylic acids is 1. The molecular weight excluding hydrogens is 313 g/mol. The van der Waals surface area contributed by atoms with Gasteiger partial charge in [0.2, 0.25) is 0 Å². The highest BCUT2D eigenvalue weighted by atomic mass is 35.5. The standard InChI is InChI=1S/C15H15ClFNO2S/c1-4-20-14(19)15(2,3)12-8-21-13(18-12)9-5-10(16)7-11(17)6-9/h5-8H,4H2,1-3H3. The first kappa shape index (κ1) is 15.9. The Morgan fingerprint density at radius 3 is 2.76 bits per heavy atom. The van der Waals surface area contributed by atoms with Gasteiger partial charge in [0.1, 0.15) is 16.2 Å². The van der Waals surface area contributed by atoms with Gasteiger partial charge in [-0.1, -0.05) is 11.6 Å². The summed E-state index contributed by atoms with van der Waals surface area (Å²) < 4.78 is 18.5. The first-order valence-corrected chi connectivity index (χ1v) is 7.70. The lowest BCUT2D eigenvalue weighted by Crippen LogP contribution is -2.31. The molecule has 0 N–H and O–H groups in total. The third-order valence-corrected chi connectivity index (χ3v) is 4.15. The van der Waals surface area contributed by atoms with Crippen LogP contribution < -0.4 is 0 Å². The van der Waals surface area contributed by atoms with Gasteiger partial charge in [-0.05, 0) is 39.0 Å². The molecule has 0 atom stereocenters. The Kier molecular flexibility index (Phi) is 4.64. The van der Waals surface area contributed by atoms with Gasteiger partial charge >= 0.3 is 5.97 Å². The van der Waals surface area contributed by atoms with Crippen LogP contribution in [0.2, 0.25) is 5.02 Å². The summed E-state index contributed by atoms with van der Waals surface area (Å²) in [6, 6.07) is 4.25. The van der Waals surface area contributed by atoms with Gasteiger partial charge in [0.15, 0.2) is 0 Å². The lowest BCUT2D eigenvalue weighted by atomic mass is 9.90. The van der Waals surface area contributed by atoms with Crippen molar-refractivity contribution in [2.75, 3.05) is 6.61 Å². The SMILES string of the molecule is CCOC(=O)C(C)(C)c1csc(-c2cc(F)cc(Cl)c2)n1. The van der Waals surface area contributed by atoms with Gasteiger partial charge in [-0.2, -0.15) is 0 Å². The lowest BCUT2D eigenvalue weighted by molar-refractivity contribution is -0.148. The average molecular weight is 328 g/mol. The third kappa shape index (κ3) is 3.41.